The van der Waals surface area contributed by atoms with Gasteiger partial charge in [0, 0.05) is 18.8 Å². The Balaban J connectivity index is 3.13. The van der Waals surface area contributed by atoms with Crippen LogP contribution < -0.4 is 0 Å². The molecule has 0 saturated heterocycles. The minimum absolute atomic E-state index is 0.496. The lowest BCUT2D eigenvalue weighted by Crippen LogP contribution is -2.25. The molecule has 1 rings (SSSR count). The minimum atomic E-state index is -4.83. The van der Waals surface area contributed by atoms with Gasteiger partial charge in [-0.3, -0.25) is 0 Å². The summed E-state index contributed by atoms with van der Waals surface area (Å²) in [5.74, 6) is 0. The van der Waals surface area contributed by atoms with Gasteiger partial charge in [-0.05, 0) is 6.42 Å². The first-order valence-electron chi connectivity index (χ1n) is 6.03. The van der Waals surface area contributed by atoms with Crippen LogP contribution in [0.25, 0.3) is 0 Å². The van der Waals surface area contributed by atoms with Crippen LogP contribution in [0.5, 0.6) is 0 Å². The van der Waals surface area contributed by atoms with Gasteiger partial charge in [0.05, 0.1) is 29.8 Å². The van der Waals surface area contributed by atoms with Crippen LogP contribution >= 0.6 is 0 Å². The highest BCUT2D eigenvalue weighted by atomic mass is 19.4. The summed E-state index contributed by atoms with van der Waals surface area (Å²) in [5.41, 5.74) is -4.16. The predicted octanol–water partition coefficient (Wildman–Crippen LogP) is 3.75. The van der Waals surface area contributed by atoms with E-state index >= 15 is 0 Å². The third-order valence-corrected chi connectivity index (χ3v) is 3.02. The van der Waals surface area contributed by atoms with Gasteiger partial charge in [0.1, 0.15) is 6.07 Å². The SMILES string of the molecule is N#Cc1cn(CC(C#N)(C#N)CCC(F)(F)F)cc1C(F)(F)F. The van der Waals surface area contributed by atoms with Gasteiger partial charge in [-0.2, -0.15) is 42.1 Å². The Bertz CT molecular complexity index is 678. The average molecular weight is 334 g/mol. The third kappa shape index (κ3) is 4.65. The molecule has 23 heavy (non-hydrogen) atoms. The summed E-state index contributed by atoms with van der Waals surface area (Å²) in [6.45, 7) is -0.708. The van der Waals surface area contributed by atoms with Crippen molar-refractivity contribution in [2.45, 2.75) is 31.7 Å². The van der Waals surface area contributed by atoms with Gasteiger partial charge in [-0.15, -0.1) is 0 Å². The highest BCUT2D eigenvalue weighted by Crippen LogP contribution is 2.35. The molecule has 10 heteroatoms. The fraction of sp³-hybridized carbons (Fsp3) is 0.462. The molecular formula is C13H8F6N4. The summed E-state index contributed by atoms with van der Waals surface area (Å²) >= 11 is 0. The fourth-order valence-corrected chi connectivity index (χ4v) is 1.87. The molecule has 0 aromatic carbocycles. The van der Waals surface area contributed by atoms with Crippen LogP contribution in [0.2, 0.25) is 0 Å². The monoisotopic (exact) mass is 334 g/mol. The summed E-state index contributed by atoms with van der Waals surface area (Å²) in [5, 5.41) is 26.7. The van der Waals surface area contributed by atoms with Crippen molar-refractivity contribution in [3.05, 3.63) is 23.5 Å². The maximum atomic E-state index is 12.7. The van der Waals surface area contributed by atoms with Gasteiger partial charge in [-0.25, -0.2) is 0 Å². The van der Waals surface area contributed by atoms with Crippen LogP contribution in [0.1, 0.15) is 24.0 Å². The van der Waals surface area contributed by atoms with E-state index in [0.29, 0.717) is 6.20 Å². The molecule has 0 unspecified atom stereocenters. The van der Waals surface area contributed by atoms with Crippen LogP contribution in [0.3, 0.4) is 0 Å². The van der Waals surface area contributed by atoms with E-state index in [1.54, 1.807) is 0 Å². The molecule has 1 heterocycles. The van der Waals surface area contributed by atoms with E-state index in [1.807, 2.05) is 0 Å². The molecule has 0 amide bonds. The highest BCUT2D eigenvalue weighted by molar-refractivity contribution is 5.38. The van der Waals surface area contributed by atoms with Crippen molar-refractivity contribution >= 4 is 0 Å². The summed E-state index contributed by atoms with van der Waals surface area (Å²) in [4.78, 5) is 0. The number of alkyl halides is 6. The minimum Gasteiger partial charge on any atom is -0.350 e. The molecule has 0 spiro atoms. The first-order chi connectivity index (χ1) is 10.5. The van der Waals surface area contributed by atoms with Crippen LogP contribution in [0.15, 0.2) is 12.4 Å². The second-order valence-corrected chi connectivity index (χ2v) is 4.79. The first kappa shape index (κ1) is 18.4. The van der Waals surface area contributed by atoms with Gasteiger partial charge < -0.3 is 4.57 Å². The molecule has 1 aromatic heterocycles. The highest BCUT2D eigenvalue weighted by Gasteiger charge is 2.39. The Morgan fingerprint density at radius 3 is 1.83 bits per heavy atom. The Morgan fingerprint density at radius 1 is 0.913 bits per heavy atom. The van der Waals surface area contributed by atoms with E-state index in [2.05, 4.69) is 0 Å². The van der Waals surface area contributed by atoms with Crippen molar-refractivity contribution in [3.8, 4) is 18.2 Å². The van der Waals surface area contributed by atoms with E-state index in [-0.39, 0.29) is 0 Å². The Labute approximate surface area is 126 Å². The summed E-state index contributed by atoms with van der Waals surface area (Å²) in [6, 6.07) is 4.17. The molecule has 0 bridgehead atoms. The van der Waals surface area contributed by atoms with E-state index in [0.717, 1.165) is 10.8 Å². The van der Waals surface area contributed by atoms with Gasteiger partial charge in [-0.1, -0.05) is 0 Å². The molecule has 0 aliphatic carbocycles. The zero-order chi connectivity index (χ0) is 17.9. The number of rotatable bonds is 4. The maximum Gasteiger partial charge on any atom is 0.419 e. The number of hydrogen-bond donors (Lipinski definition) is 0. The number of nitriles is 3. The van der Waals surface area contributed by atoms with Crippen molar-refractivity contribution in [1.82, 2.24) is 4.57 Å². The molecule has 4 nitrogen and oxygen atoms in total. The van der Waals surface area contributed by atoms with E-state index in [1.165, 1.54) is 18.2 Å². The lowest BCUT2D eigenvalue weighted by molar-refractivity contribution is -0.138. The standard InChI is InChI=1S/C13H8F6N4/c14-12(15,16)2-1-11(6-21,7-22)8-23-4-9(3-20)10(5-23)13(17,18)19/h4-5H,1-2,8H2. The summed E-state index contributed by atoms with van der Waals surface area (Å²) in [6.07, 6.45) is -10.5. The molecule has 0 atom stereocenters. The molecule has 1 aromatic rings. The number of nitrogens with zero attached hydrogens (tertiary/aromatic N) is 4. The molecule has 0 N–H and O–H groups in total. The molecule has 0 fully saturated rings. The summed E-state index contributed by atoms with van der Waals surface area (Å²) < 4.78 is 75.6. The van der Waals surface area contributed by atoms with Crippen LogP contribution in [0, 0.1) is 39.4 Å². The van der Waals surface area contributed by atoms with E-state index in [4.69, 9.17) is 15.8 Å². The lowest BCUT2D eigenvalue weighted by Gasteiger charge is -2.20. The van der Waals surface area contributed by atoms with E-state index < -0.39 is 48.3 Å². The lowest BCUT2D eigenvalue weighted by atomic mass is 9.86. The predicted molar refractivity (Wildman–Crippen MR) is 63.1 cm³/mol. The topological polar surface area (TPSA) is 76.3 Å². The molecule has 122 valence electrons. The van der Waals surface area contributed by atoms with Crippen molar-refractivity contribution in [2.24, 2.45) is 5.41 Å². The van der Waals surface area contributed by atoms with Crippen LogP contribution in [-0.4, -0.2) is 10.7 Å². The van der Waals surface area contributed by atoms with Crippen molar-refractivity contribution in [1.29, 1.82) is 15.8 Å². The second-order valence-electron chi connectivity index (χ2n) is 4.79. The molecule has 0 radical (unpaired) electrons. The molecule has 0 aliphatic heterocycles. The molecular weight excluding hydrogens is 326 g/mol. The smallest absolute Gasteiger partial charge is 0.350 e. The molecule has 0 aliphatic rings. The fourth-order valence-electron chi connectivity index (χ4n) is 1.87. The largest absolute Gasteiger partial charge is 0.419 e. The molecule has 0 saturated carbocycles. The first-order valence-corrected chi connectivity index (χ1v) is 6.03. The van der Waals surface area contributed by atoms with E-state index in [9.17, 15) is 26.3 Å². The third-order valence-electron chi connectivity index (χ3n) is 3.02. The van der Waals surface area contributed by atoms with Crippen molar-refractivity contribution in [2.75, 3.05) is 0 Å². The quantitative estimate of drug-likeness (QED) is 0.787. The van der Waals surface area contributed by atoms with Gasteiger partial charge >= 0.3 is 12.4 Å². The Hall–Kier alpha value is -2.67. The van der Waals surface area contributed by atoms with Crippen LogP contribution in [-0.2, 0) is 12.7 Å². The Kier molecular flexibility index (Phi) is 4.97. The number of aromatic nitrogens is 1. The van der Waals surface area contributed by atoms with Crippen molar-refractivity contribution < 1.29 is 26.3 Å². The van der Waals surface area contributed by atoms with Gasteiger partial charge in [0.15, 0.2) is 5.41 Å². The van der Waals surface area contributed by atoms with Crippen LogP contribution in [0.4, 0.5) is 26.3 Å². The zero-order valence-corrected chi connectivity index (χ0v) is 11.3. The number of hydrogen-bond acceptors (Lipinski definition) is 3. The van der Waals surface area contributed by atoms with Gasteiger partial charge in [0.2, 0.25) is 0 Å². The average Bonchev–Trinajstić information content (AvgIpc) is 2.85. The summed E-state index contributed by atoms with van der Waals surface area (Å²) in [7, 11) is 0. The van der Waals surface area contributed by atoms with Gasteiger partial charge in [0.25, 0.3) is 0 Å². The zero-order valence-electron chi connectivity index (χ0n) is 11.3. The normalized spacial score (nSPS) is 12.3. The van der Waals surface area contributed by atoms with Crippen molar-refractivity contribution in [3.63, 3.8) is 0 Å². The Morgan fingerprint density at radius 2 is 1.48 bits per heavy atom. The maximum absolute atomic E-state index is 12.7. The second kappa shape index (κ2) is 6.21. The number of halogens is 6.